The topological polar surface area (TPSA) is 51.7 Å². The lowest BCUT2D eigenvalue weighted by atomic mass is 9.76. The number of methoxy groups -OCH3 is 1. The van der Waals surface area contributed by atoms with Crippen molar-refractivity contribution in [3.05, 3.63) is 58.9 Å². The molecule has 1 aromatic heterocycles. The summed E-state index contributed by atoms with van der Waals surface area (Å²) < 4.78 is 80.7. The number of alkyl halides is 3. The average Bonchev–Trinajstić information content (AvgIpc) is 3.29. The summed E-state index contributed by atoms with van der Waals surface area (Å²) in [6, 6.07) is 3.69. The van der Waals surface area contributed by atoms with Crippen molar-refractivity contribution in [3.8, 4) is 5.75 Å². The molecule has 0 N–H and O–H groups in total. The maximum absolute atomic E-state index is 14.4. The lowest BCUT2D eigenvalue weighted by molar-refractivity contribution is -0.273. The smallest absolute Gasteiger partial charge is 0.417 e. The number of rotatable bonds is 3. The Labute approximate surface area is 181 Å². The zero-order valence-electron chi connectivity index (χ0n) is 17.5. The Morgan fingerprint density at radius 1 is 1.22 bits per heavy atom. The second kappa shape index (κ2) is 7.68. The number of hydrogen-bond donors (Lipinski definition) is 0. The molecule has 4 atom stereocenters. The highest BCUT2D eigenvalue weighted by Gasteiger charge is 2.66. The van der Waals surface area contributed by atoms with E-state index in [0.717, 1.165) is 37.3 Å². The number of fused-ring (bicyclic) bond motifs is 1. The fraction of sp³-hybridized carbons (Fsp3) is 0.455. The first-order valence-electron chi connectivity index (χ1n) is 9.96. The molecular formula is C22H21F5N2O3. The number of benzene rings is 1. The molecule has 0 radical (unpaired) electrons. The molecule has 0 unspecified atom stereocenters. The van der Waals surface area contributed by atoms with E-state index in [-0.39, 0.29) is 18.7 Å². The molecule has 1 fully saturated rings. The molecule has 0 aliphatic carbocycles. The van der Waals surface area contributed by atoms with Crippen LogP contribution in [0.1, 0.15) is 36.5 Å². The predicted octanol–water partition coefficient (Wildman–Crippen LogP) is 4.35. The molecule has 10 heteroatoms. The summed E-state index contributed by atoms with van der Waals surface area (Å²) in [4.78, 5) is 18.8. The van der Waals surface area contributed by atoms with E-state index in [1.165, 1.54) is 11.8 Å². The standard InChI is InChI=1S/C22H21F5N2O3/c1-11-16(14-4-5-15(23)17(24)18(14)31-3)19(32-21(11,2)22(25,26)27)20(30)29-9-12-6-7-28-8-13(12)10-29/h4-8,11,16,19H,9-10H2,1-3H3/t11-,16-,19+,21+/m0/s1. The van der Waals surface area contributed by atoms with Crippen LogP contribution < -0.4 is 4.74 Å². The Kier molecular flexibility index (Phi) is 5.39. The Bertz CT molecular complexity index is 1040. The Morgan fingerprint density at radius 2 is 1.91 bits per heavy atom. The van der Waals surface area contributed by atoms with E-state index in [4.69, 9.17) is 9.47 Å². The molecule has 0 spiro atoms. The number of ether oxygens (including phenoxy) is 2. The lowest BCUT2D eigenvalue weighted by Gasteiger charge is -2.32. The number of amides is 1. The summed E-state index contributed by atoms with van der Waals surface area (Å²) in [7, 11) is 1.09. The van der Waals surface area contributed by atoms with Crippen molar-refractivity contribution in [2.75, 3.05) is 7.11 Å². The van der Waals surface area contributed by atoms with Crippen molar-refractivity contribution in [2.45, 2.75) is 50.7 Å². The van der Waals surface area contributed by atoms with Gasteiger partial charge in [-0.3, -0.25) is 9.78 Å². The van der Waals surface area contributed by atoms with Crippen LogP contribution in [-0.2, 0) is 22.6 Å². The molecule has 5 nitrogen and oxygen atoms in total. The number of aromatic nitrogens is 1. The molecule has 1 saturated heterocycles. The maximum Gasteiger partial charge on any atom is 0.417 e. The van der Waals surface area contributed by atoms with Crippen LogP contribution >= 0.6 is 0 Å². The van der Waals surface area contributed by atoms with E-state index in [9.17, 15) is 26.7 Å². The van der Waals surface area contributed by atoms with Crippen molar-refractivity contribution in [3.63, 3.8) is 0 Å². The van der Waals surface area contributed by atoms with E-state index in [0.29, 0.717) is 0 Å². The van der Waals surface area contributed by atoms with Gasteiger partial charge < -0.3 is 14.4 Å². The summed E-state index contributed by atoms with van der Waals surface area (Å²) in [6.45, 7) is 2.51. The van der Waals surface area contributed by atoms with E-state index >= 15 is 0 Å². The molecule has 2 aliphatic rings. The Morgan fingerprint density at radius 3 is 2.53 bits per heavy atom. The summed E-state index contributed by atoms with van der Waals surface area (Å²) >= 11 is 0. The molecule has 2 aromatic rings. The highest BCUT2D eigenvalue weighted by Crippen LogP contribution is 2.55. The minimum Gasteiger partial charge on any atom is -0.493 e. The van der Waals surface area contributed by atoms with E-state index in [1.807, 2.05) is 0 Å². The summed E-state index contributed by atoms with van der Waals surface area (Å²) in [5.74, 6) is -6.26. The monoisotopic (exact) mass is 456 g/mol. The molecule has 1 aromatic carbocycles. The molecular weight excluding hydrogens is 435 g/mol. The predicted molar refractivity (Wildman–Crippen MR) is 103 cm³/mol. The van der Waals surface area contributed by atoms with Gasteiger partial charge in [-0.05, 0) is 30.2 Å². The molecule has 0 saturated carbocycles. The average molecular weight is 456 g/mol. The normalized spacial score (nSPS) is 27.5. The van der Waals surface area contributed by atoms with Gasteiger partial charge in [-0.1, -0.05) is 13.0 Å². The third-order valence-corrected chi connectivity index (χ3v) is 6.59. The summed E-state index contributed by atoms with van der Waals surface area (Å²) in [6.07, 6.45) is -3.21. The number of halogens is 5. The van der Waals surface area contributed by atoms with Crippen molar-refractivity contribution in [1.29, 1.82) is 0 Å². The fourth-order valence-corrected chi connectivity index (χ4v) is 4.58. The molecule has 1 amide bonds. The largest absolute Gasteiger partial charge is 0.493 e. The minimum absolute atomic E-state index is 0.0522. The number of nitrogens with zero attached hydrogens (tertiary/aromatic N) is 2. The van der Waals surface area contributed by atoms with Crippen LogP contribution in [0.4, 0.5) is 22.0 Å². The van der Waals surface area contributed by atoms with Gasteiger partial charge >= 0.3 is 6.18 Å². The van der Waals surface area contributed by atoms with E-state index in [2.05, 4.69) is 4.98 Å². The van der Waals surface area contributed by atoms with Crippen LogP contribution in [0.15, 0.2) is 30.6 Å². The third kappa shape index (κ3) is 3.32. The van der Waals surface area contributed by atoms with Crippen LogP contribution in [0.25, 0.3) is 0 Å². The molecule has 3 heterocycles. The number of pyridine rings is 1. The quantitative estimate of drug-likeness (QED) is 0.645. The highest BCUT2D eigenvalue weighted by molar-refractivity contribution is 5.83. The lowest BCUT2D eigenvalue weighted by Crippen LogP contribution is -2.47. The summed E-state index contributed by atoms with van der Waals surface area (Å²) in [5.41, 5.74) is -1.11. The van der Waals surface area contributed by atoms with Crippen LogP contribution in [0.3, 0.4) is 0 Å². The Balaban J connectivity index is 1.78. The van der Waals surface area contributed by atoms with Gasteiger partial charge in [-0.2, -0.15) is 17.6 Å². The minimum atomic E-state index is -4.80. The summed E-state index contributed by atoms with van der Waals surface area (Å²) in [5, 5.41) is 0. The molecule has 0 bridgehead atoms. The zero-order chi connectivity index (χ0) is 23.4. The van der Waals surface area contributed by atoms with Gasteiger partial charge in [-0.25, -0.2) is 4.39 Å². The van der Waals surface area contributed by atoms with E-state index < -0.39 is 53.0 Å². The van der Waals surface area contributed by atoms with Gasteiger partial charge in [0.25, 0.3) is 5.91 Å². The number of carbonyl (C=O) groups is 1. The number of hydrogen-bond acceptors (Lipinski definition) is 4. The maximum atomic E-state index is 14.4. The third-order valence-electron chi connectivity index (χ3n) is 6.59. The first kappa shape index (κ1) is 22.4. The fourth-order valence-electron chi connectivity index (χ4n) is 4.58. The van der Waals surface area contributed by atoms with Crippen molar-refractivity contribution < 1.29 is 36.2 Å². The number of carbonyl (C=O) groups excluding carboxylic acids is 1. The van der Waals surface area contributed by atoms with Crippen LogP contribution in [0.5, 0.6) is 5.75 Å². The van der Waals surface area contributed by atoms with Crippen molar-refractivity contribution in [2.24, 2.45) is 5.92 Å². The second-order valence-corrected chi connectivity index (χ2v) is 8.28. The Hall–Kier alpha value is -2.75. The molecule has 4 rings (SSSR count). The van der Waals surface area contributed by atoms with Gasteiger partial charge in [0, 0.05) is 42.9 Å². The van der Waals surface area contributed by atoms with Crippen LogP contribution in [0, 0.1) is 17.6 Å². The second-order valence-electron chi connectivity index (χ2n) is 8.28. The molecule has 172 valence electrons. The van der Waals surface area contributed by atoms with Crippen LogP contribution in [-0.4, -0.2) is 40.8 Å². The SMILES string of the molecule is COc1c([C@H]2[C@H](C(=O)N3Cc4ccncc4C3)O[C@@](C)(C(F)(F)F)[C@H]2C)ccc(F)c1F. The van der Waals surface area contributed by atoms with Gasteiger partial charge in [0.15, 0.2) is 17.2 Å². The highest BCUT2D eigenvalue weighted by atomic mass is 19.4. The first-order chi connectivity index (χ1) is 15.0. The molecule has 2 aliphatic heterocycles. The van der Waals surface area contributed by atoms with Gasteiger partial charge in [0.2, 0.25) is 5.82 Å². The zero-order valence-corrected chi connectivity index (χ0v) is 17.5. The molecule has 32 heavy (non-hydrogen) atoms. The van der Waals surface area contributed by atoms with Crippen LogP contribution in [0.2, 0.25) is 0 Å². The first-order valence-corrected chi connectivity index (χ1v) is 9.96. The van der Waals surface area contributed by atoms with Gasteiger partial charge in [0.05, 0.1) is 7.11 Å². The van der Waals surface area contributed by atoms with Crippen molar-refractivity contribution in [1.82, 2.24) is 9.88 Å². The van der Waals surface area contributed by atoms with Gasteiger partial charge in [-0.15, -0.1) is 0 Å². The van der Waals surface area contributed by atoms with Crippen molar-refractivity contribution >= 4 is 5.91 Å². The van der Waals surface area contributed by atoms with Gasteiger partial charge in [0.1, 0.15) is 6.10 Å². The van der Waals surface area contributed by atoms with E-state index in [1.54, 1.807) is 18.5 Å².